The van der Waals surface area contributed by atoms with Crippen LogP contribution < -0.4 is 4.90 Å². The number of amides is 1. The normalized spacial score (nSPS) is 17.8. The summed E-state index contributed by atoms with van der Waals surface area (Å²) in [5.41, 5.74) is 2.75. The van der Waals surface area contributed by atoms with Crippen molar-refractivity contribution in [2.24, 2.45) is 0 Å². The average molecular weight is 420 g/mol. The molecule has 0 aliphatic carbocycles. The lowest BCUT2D eigenvalue weighted by Gasteiger charge is -2.26. The van der Waals surface area contributed by atoms with Gasteiger partial charge in [-0.1, -0.05) is 54.6 Å². The van der Waals surface area contributed by atoms with Crippen molar-refractivity contribution in [2.45, 2.75) is 13.0 Å². The molecule has 1 aromatic heterocycles. The molecule has 3 aromatic carbocycles. The third-order valence-corrected chi connectivity index (χ3v) is 5.86. The molecule has 0 spiro atoms. The van der Waals surface area contributed by atoms with Crippen molar-refractivity contribution < 1.29 is 14.7 Å². The molecule has 5 rings (SSSR count). The summed E-state index contributed by atoms with van der Waals surface area (Å²) in [7, 11) is 0. The Morgan fingerprint density at radius 1 is 0.875 bits per heavy atom. The fourth-order valence-corrected chi connectivity index (χ4v) is 4.27. The highest BCUT2D eigenvalue weighted by Crippen LogP contribution is 2.43. The van der Waals surface area contributed by atoms with Gasteiger partial charge < -0.3 is 5.11 Å². The first kappa shape index (κ1) is 19.7. The highest BCUT2D eigenvalue weighted by Gasteiger charge is 2.47. The zero-order valence-electron chi connectivity index (χ0n) is 17.4. The summed E-state index contributed by atoms with van der Waals surface area (Å²) in [4.78, 5) is 32.0. The number of pyridine rings is 1. The van der Waals surface area contributed by atoms with Crippen LogP contribution in [0.4, 0.5) is 5.69 Å². The van der Waals surface area contributed by atoms with E-state index in [-0.39, 0.29) is 11.3 Å². The number of benzene rings is 3. The van der Waals surface area contributed by atoms with E-state index in [4.69, 9.17) is 0 Å². The summed E-state index contributed by atoms with van der Waals surface area (Å²) >= 11 is 0. The first-order valence-corrected chi connectivity index (χ1v) is 10.3. The van der Waals surface area contributed by atoms with Crippen molar-refractivity contribution >= 4 is 33.9 Å². The quantitative estimate of drug-likeness (QED) is 0.282. The minimum absolute atomic E-state index is 0.0692. The zero-order valence-corrected chi connectivity index (χ0v) is 17.4. The van der Waals surface area contributed by atoms with E-state index in [1.165, 1.54) is 4.90 Å². The van der Waals surface area contributed by atoms with E-state index in [0.29, 0.717) is 16.8 Å². The van der Waals surface area contributed by atoms with E-state index in [2.05, 4.69) is 4.98 Å². The maximum absolute atomic E-state index is 13.2. The van der Waals surface area contributed by atoms with Crippen molar-refractivity contribution in [3.8, 4) is 0 Å². The molecule has 32 heavy (non-hydrogen) atoms. The van der Waals surface area contributed by atoms with Crippen LogP contribution >= 0.6 is 0 Å². The molecule has 156 valence electrons. The lowest BCUT2D eigenvalue weighted by molar-refractivity contribution is -0.132. The minimum Gasteiger partial charge on any atom is -0.507 e. The number of aliphatic hydroxyl groups is 1. The lowest BCUT2D eigenvalue weighted by Crippen LogP contribution is -2.30. The first-order chi connectivity index (χ1) is 15.6. The van der Waals surface area contributed by atoms with Gasteiger partial charge in [-0.3, -0.25) is 19.5 Å². The Kier molecular flexibility index (Phi) is 4.79. The average Bonchev–Trinajstić information content (AvgIpc) is 3.09. The SMILES string of the molecule is Cc1ccccc1N1C(=O)C(=O)/C(=C(\O)c2ccc3ccccc3c2)C1c1ccncc1. The third kappa shape index (κ3) is 3.15. The minimum atomic E-state index is -0.759. The number of ketones is 1. The van der Waals surface area contributed by atoms with Crippen LogP contribution in [0.5, 0.6) is 0 Å². The Hall–Kier alpha value is -4.25. The summed E-state index contributed by atoms with van der Waals surface area (Å²) in [6.07, 6.45) is 3.23. The number of nitrogens with zero attached hydrogens (tertiary/aromatic N) is 2. The van der Waals surface area contributed by atoms with Crippen molar-refractivity contribution in [1.29, 1.82) is 0 Å². The van der Waals surface area contributed by atoms with Gasteiger partial charge in [0.05, 0.1) is 11.6 Å². The highest BCUT2D eigenvalue weighted by atomic mass is 16.3. The number of para-hydroxylation sites is 1. The van der Waals surface area contributed by atoms with Gasteiger partial charge in [-0.05, 0) is 53.1 Å². The monoisotopic (exact) mass is 420 g/mol. The van der Waals surface area contributed by atoms with Crippen LogP contribution in [0.2, 0.25) is 0 Å². The van der Waals surface area contributed by atoms with Gasteiger partial charge in [-0.25, -0.2) is 0 Å². The first-order valence-electron chi connectivity index (χ1n) is 10.3. The molecule has 1 aliphatic rings. The Balaban J connectivity index is 1.74. The molecular weight excluding hydrogens is 400 g/mol. The predicted octanol–water partition coefficient (Wildman–Crippen LogP) is 5.17. The number of hydrogen-bond donors (Lipinski definition) is 1. The largest absolute Gasteiger partial charge is 0.507 e. The van der Waals surface area contributed by atoms with Crippen LogP contribution in [0.3, 0.4) is 0 Å². The second-order valence-electron chi connectivity index (χ2n) is 7.80. The molecule has 0 saturated carbocycles. The van der Waals surface area contributed by atoms with Crippen molar-refractivity contribution in [3.63, 3.8) is 0 Å². The molecule has 1 N–H and O–H groups in total. The summed E-state index contributed by atoms with van der Waals surface area (Å²) in [5.74, 6) is -1.56. The summed E-state index contributed by atoms with van der Waals surface area (Å²) < 4.78 is 0. The highest BCUT2D eigenvalue weighted by molar-refractivity contribution is 6.51. The second-order valence-corrected chi connectivity index (χ2v) is 7.80. The molecule has 1 amide bonds. The van der Waals surface area contributed by atoms with Crippen LogP contribution in [0.1, 0.15) is 22.7 Å². The number of anilines is 1. The van der Waals surface area contributed by atoms with Gasteiger partial charge in [0, 0.05) is 23.6 Å². The summed E-state index contributed by atoms with van der Waals surface area (Å²) in [5, 5.41) is 13.3. The van der Waals surface area contributed by atoms with E-state index in [1.54, 1.807) is 30.6 Å². The van der Waals surface area contributed by atoms with Crippen LogP contribution in [0, 0.1) is 6.92 Å². The third-order valence-electron chi connectivity index (χ3n) is 5.86. The predicted molar refractivity (Wildman–Crippen MR) is 124 cm³/mol. The van der Waals surface area contributed by atoms with Crippen LogP contribution in [-0.4, -0.2) is 21.8 Å². The fourth-order valence-electron chi connectivity index (χ4n) is 4.27. The Bertz CT molecular complexity index is 1390. The molecule has 5 heteroatoms. The topological polar surface area (TPSA) is 70.5 Å². The van der Waals surface area contributed by atoms with Crippen molar-refractivity contribution in [2.75, 3.05) is 4.90 Å². The zero-order chi connectivity index (χ0) is 22.2. The van der Waals surface area contributed by atoms with E-state index in [1.807, 2.05) is 67.6 Å². The van der Waals surface area contributed by atoms with E-state index < -0.39 is 17.7 Å². The van der Waals surface area contributed by atoms with E-state index in [9.17, 15) is 14.7 Å². The van der Waals surface area contributed by atoms with Gasteiger partial charge in [0.1, 0.15) is 5.76 Å². The molecule has 5 nitrogen and oxygen atoms in total. The Labute approximate surface area is 185 Å². The Morgan fingerprint density at radius 3 is 2.31 bits per heavy atom. The molecule has 0 radical (unpaired) electrons. The van der Waals surface area contributed by atoms with Crippen LogP contribution in [0.15, 0.2) is 96.8 Å². The smallest absolute Gasteiger partial charge is 0.300 e. The molecule has 0 bridgehead atoms. The van der Waals surface area contributed by atoms with Gasteiger partial charge in [-0.2, -0.15) is 0 Å². The van der Waals surface area contributed by atoms with Crippen molar-refractivity contribution in [1.82, 2.24) is 4.98 Å². The van der Waals surface area contributed by atoms with Gasteiger partial charge in [0.2, 0.25) is 0 Å². The molecule has 1 atom stereocenters. The van der Waals surface area contributed by atoms with Gasteiger partial charge in [0.25, 0.3) is 11.7 Å². The number of fused-ring (bicyclic) bond motifs is 1. The maximum Gasteiger partial charge on any atom is 0.300 e. The molecular formula is C27H20N2O3. The van der Waals surface area contributed by atoms with Crippen LogP contribution in [-0.2, 0) is 9.59 Å². The molecule has 2 heterocycles. The van der Waals surface area contributed by atoms with Gasteiger partial charge >= 0.3 is 0 Å². The number of aliphatic hydroxyl groups excluding tert-OH is 1. The molecule has 4 aromatic rings. The maximum atomic E-state index is 13.2. The summed E-state index contributed by atoms with van der Waals surface area (Å²) in [6.45, 7) is 1.89. The number of rotatable bonds is 3. The Morgan fingerprint density at radius 2 is 1.56 bits per heavy atom. The van der Waals surface area contributed by atoms with E-state index >= 15 is 0 Å². The van der Waals surface area contributed by atoms with E-state index in [0.717, 1.165) is 16.3 Å². The number of carbonyl (C=O) groups excluding carboxylic acids is 2. The molecule has 1 aliphatic heterocycles. The van der Waals surface area contributed by atoms with Gasteiger partial charge in [0.15, 0.2) is 0 Å². The van der Waals surface area contributed by atoms with Crippen molar-refractivity contribution in [3.05, 3.63) is 114 Å². The molecule has 1 fully saturated rings. The second kappa shape index (κ2) is 7.78. The standard InChI is InChI=1S/C27H20N2O3/c1-17-6-2-5-9-22(17)29-24(19-12-14-28-15-13-19)23(26(31)27(29)32)25(30)21-11-10-18-7-3-4-8-20(18)16-21/h2-16,24,30H,1H3/b25-23-. The number of aryl methyl sites for hydroxylation is 1. The molecule has 1 unspecified atom stereocenters. The van der Waals surface area contributed by atoms with Crippen LogP contribution in [0.25, 0.3) is 16.5 Å². The number of carbonyl (C=O) groups is 2. The fraction of sp³-hybridized carbons (Fsp3) is 0.0741. The summed E-state index contributed by atoms with van der Waals surface area (Å²) in [6, 6.07) is 23.4. The molecule has 1 saturated heterocycles. The lowest BCUT2D eigenvalue weighted by atomic mass is 9.95. The number of aromatic nitrogens is 1. The number of Topliss-reactive ketones (excluding diaryl/α,β-unsaturated/α-hetero) is 1. The number of hydrogen-bond acceptors (Lipinski definition) is 4. The van der Waals surface area contributed by atoms with Gasteiger partial charge in [-0.15, -0.1) is 0 Å².